The van der Waals surface area contributed by atoms with Crippen molar-refractivity contribution in [1.82, 2.24) is 0 Å². The molecule has 0 aliphatic rings. The Balaban J connectivity index is 3.11. The first kappa shape index (κ1) is 8.79. The lowest BCUT2D eigenvalue weighted by Gasteiger charge is -2.04. The van der Waals surface area contributed by atoms with Gasteiger partial charge >= 0.3 is 0 Å². The average molecular weight is 158 g/mol. The Kier molecular flexibility index (Phi) is 2.49. The van der Waals surface area contributed by atoms with Gasteiger partial charge in [-0.2, -0.15) is 0 Å². The third-order valence-electron chi connectivity index (χ3n) is 1.90. The van der Waals surface area contributed by atoms with Crippen molar-refractivity contribution in [3.05, 3.63) is 36.4 Å². The van der Waals surface area contributed by atoms with Crippen LogP contribution in [0.3, 0.4) is 0 Å². The minimum absolute atomic E-state index is 0.0318. The first-order valence-electron chi connectivity index (χ1n) is 3.89. The number of hydrogen-bond acceptors (Lipinski definition) is 1. The summed E-state index contributed by atoms with van der Waals surface area (Å²) in [5.74, 6) is 0.0318. The molecule has 0 aliphatic carbocycles. The van der Waals surface area contributed by atoms with Crippen molar-refractivity contribution >= 4 is 24.7 Å². The van der Waals surface area contributed by atoms with Crippen LogP contribution in [0.15, 0.2) is 30.8 Å². The lowest BCUT2D eigenvalue weighted by molar-refractivity contribution is -0.111. The highest BCUT2D eigenvalue weighted by molar-refractivity contribution is 6.37. The van der Waals surface area contributed by atoms with Crippen LogP contribution in [-0.2, 0) is 4.79 Å². The molecule has 60 valence electrons. The molecule has 0 atom stereocenters. The molecule has 0 unspecified atom stereocenters. The second kappa shape index (κ2) is 3.39. The van der Waals surface area contributed by atoms with E-state index in [4.69, 9.17) is 0 Å². The number of allylic oxidation sites excluding steroid dienone is 1. The van der Waals surface area contributed by atoms with Crippen LogP contribution in [0.2, 0.25) is 0 Å². The van der Waals surface area contributed by atoms with Gasteiger partial charge in [0.25, 0.3) is 0 Å². The SMILES string of the molecule is Bc1ccccc1C(=C)C(C)=O. The first-order chi connectivity index (χ1) is 5.63. The van der Waals surface area contributed by atoms with Gasteiger partial charge in [0.15, 0.2) is 5.78 Å². The van der Waals surface area contributed by atoms with Gasteiger partial charge in [0.2, 0.25) is 0 Å². The van der Waals surface area contributed by atoms with Crippen LogP contribution >= 0.6 is 0 Å². The maximum atomic E-state index is 11.0. The van der Waals surface area contributed by atoms with Gasteiger partial charge in [0.1, 0.15) is 7.85 Å². The van der Waals surface area contributed by atoms with Crippen molar-refractivity contribution in [3.63, 3.8) is 0 Å². The summed E-state index contributed by atoms with van der Waals surface area (Å²) in [4.78, 5) is 11.0. The fourth-order valence-corrected chi connectivity index (χ4v) is 1.10. The third-order valence-corrected chi connectivity index (χ3v) is 1.90. The molecule has 1 aromatic carbocycles. The summed E-state index contributed by atoms with van der Waals surface area (Å²) in [5.41, 5.74) is 2.64. The lowest BCUT2D eigenvalue weighted by Crippen LogP contribution is -2.11. The second-order valence-electron chi connectivity index (χ2n) is 2.85. The molecule has 12 heavy (non-hydrogen) atoms. The van der Waals surface area contributed by atoms with E-state index in [0.717, 1.165) is 11.0 Å². The predicted octanol–water partition coefficient (Wildman–Crippen LogP) is 0.547. The minimum atomic E-state index is 0.0318. The molecule has 0 heterocycles. The molecule has 0 amide bonds. The smallest absolute Gasteiger partial charge is 0.159 e. The van der Waals surface area contributed by atoms with Gasteiger partial charge in [-0.25, -0.2) is 0 Å². The number of carbonyl (C=O) groups excluding carboxylic acids is 1. The molecule has 0 aromatic heterocycles. The Morgan fingerprint density at radius 2 is 2.00 bits per heavy atom. The van der Waals surface area contributed by atoms with Crippen LogP contribution in [0.1, 0.15) is 12.5 Å². The molecule has 0 saturated carbocycles. The number of hydrogen-bond donors (Lipinski definition) is 0. The normalized spacial score (nSPS) is 9.42. The second-order valence-corrected chi connectivity index (χ2v) is 2.85. The maximum Gasteiger partial charge on any atom is 0.159 e. The zero-order chi connectivity index (χ0) is 9.14. The van der Waals surface area contributed by atoms with Crippen LogP contribution in [0, 0.1) is 0 Å². The topological polar surface area (TPSA) is 17.1 Å². The highest BCUT2D eigenvalue weighted by atomic mass is 16.1. The molecule has 0 radical (unpaired) electrons. The average Bonchev–Trinajstić information content (AvgIpc) is 2.04. The van der Waals surface area contributed by atoms with Gasteiger partial charge in [-0.15, -0.1) is 0 Å². The molecule has 0 spiro atoms. The van der Waals surface area contributed by atoms with Crippen LogP contribution in [0.25, 0.3) is 5.57 Å². The standard InChI is InChI=1S/C10H11BO/c1-7(8(2)12)9-5-3-4-6-10(9)11/h3-6H,1,11H2,2H3. The van der Waals surface area contributed by atoms with Crippen molar-refractivity contribution in [3.8, 4) is 0 Å². The minimum Gasteiger partial charge on any atom is -0.295 e. The summed E-state index contributed by atoms with van der Waals surface area (Å²) in [6.07, 6.45) is 0. The largest absolute Gasteiger partial charge is 0.295 e. The number of carbonyl (C=O) groups is 1. The number of rotatable bonds is 2. The molecular formula is C10H11BO. The molecule has 0 aliphatic heterocycles. The lowest BCUT2D eigenvalue weighted by atomic mass is 9.86. The summed E-state index contributed by atoms with van der Waals surface area (Å²) < 4.78 is 0. The van der Waals surface area contributed by atoms with E-state index in [0.29, 0.717) is 5.57 Å². The summed E-state index contributed by atoms with van der Waals surface area (Å²) in [6.45, 7) is 5.27. The van der Waals surface area contributed by atoms with E-state index < -0.39 is 0 Å². The number of ketones is 1. The van der Waals surface area contributed by atoms with Crippen LogP contribution in [0.5, 0.6) is 0 Å². The molecule has 0 bridgehead atoms. The molecule has 1 rings (SSSR count). The van der Waals surface area contributed by atoms with E-state index in [1.165, 1.54) is 6.92 Å². The molecule has 1 aromatic rings. The molecule has 0 saturated heterocycles. The number of Topliss-reactive ketones (excluding diaryl/α,β-unsaturated/α-hetero) is 1. The molecule has 0 fully saturated rings. The molecule has 1 nitrogen and oxygen atoms in total. The quantitative estimate of drug-likeness (QED) is 0.453. The van der Waals surface area contributed by atoms with E-state index in [1.54, 1.807) is 0 Å². The fourth-order valence-electron chi connectivity index (χ4n) is 1.10. The third kappa shape index (κ3) is 1.64. The van der Waals surface area contributed by atoms with E-state index in [9.17, 15) is 4.79 Å². The molecule has 0 N–H and O–H groups in total. The van der Waals surface area contributed by atoms with Crippen LogP contribution < -0.4 is 5.46 Å². The Morgan fingerprint density at radius 1 is 1.42 bits per heavy atom. The van der Waals surface area contributed by atoms with Crippen molar-refractivity contribution in [1.29, 1.82) is 0 Å². The van der Waals surface area contributed by atoms with Crippen LogP contribution in [0.4, 0.5) is 0 Å². The first-order valence-corrected chi connectivity index (χ1v) is 3.89. The van der Waals surface area contributed by atoms with Gasteiger partial charge in [0.05, 0.1) is 0 Å². The van der Waals surface area contributed by atoms with Gasteiger partial charge < -0.3 is 0 Å². The molecular weight excluding hydrogens is 147 g/mol. The Morgan fingerprint density at radius 3 is 2.50 bits per heavy atom. The van der Waals surface area contributed by atoms with Gasteiger partial charge in [-0.05, 0) is 12.5 Å². The van der Waals surface area contributed by atoms with Gasteiger partial charge in [-0.1, -0.05) is 36.3 Å². The van der Waals surface area contributed by atoms with Crippen molar-refractivity contribution in [2.24, 2.45) is 0 Å². The summed E-state index contributed by atoms with van der Waals surface area (Å²) in [7, 11) is 1.98. The van der Waals surface area contributed by atoms with Crippen molar-refractivity contribution in [2.45, 2.75) is 6.92 Å². The van der Waals surface area contributed by atoms with E-state index in [2.05, 4.69) is 6.58 Å². The van der Waals surface area contributed by atoms with E-state index >= 15 is 0 Å². The fraction of sp³-hybridized carbons (Fsp3) is 0.100. The van der Waals surface area contributed by atoms with Crippen LogP contribution in [-0.4, -0.2) is 13.6 Å². The Bertz CT molecular complexity index is 328. The monoisotopic (exact) mass is 158 g/mol. The predicted molar refractivity (Wildman–Crippen MR) is 54.3 cm³/mol. The molecule has 2 heteroatoms. The Hall–Kier alpha value is -1.31. The zero-order valence-corrected chi connectivity index (χ0v) is 7.42. The summed E-state index contributed by atoms with van der Waals surface area (Å²) in [6, 6.07) is 7.76. The zero-order valence-electron chi connectivity index (χ0n) is 7.42. The maximum absolute atomic E-state index is 11.0. The van der Waals surface area contributed by atoms with Gasteiger partial charge in [0, 0.05) is 5.57 Å². The number of benzene rings is 1. The summed E-state index contributed by atoms with van der Waals surface area (Å²) >= 11 is 0. The highest BCUT2D eigenvalue weighted by Crippen LogP contribution is 2.09. The highest BCUT2D eigenvalue weighted by Gasteiger charge is 2.04. The van der Waals surface area contributed by atoms with Crippen molar-refractivity contribution in [2.75, 3.05) is 0 Å². The van der Waals surface area contributed by atoms with Gasteiger partial charge in [-0.3, -0.25) is 4.79 Å². The van der Waals surface area contributed by atoms with Crippen molar-refractivity contribution < 1.29 is 4.79 Å². The van der Waals surface area contributed by atoms with E-state index in [-0.39, 0.29) is 5.78 Å². The summed E-state index contributed by atoms with van der Waals surface area (Å²) in [5, 5.41) is 0. The Labute approximate surface area is 73.5 Å². The van der Waals surface area contributed by atoms with E-state index in [1.807, 2.05) is 32.1 Å².